The maximum atomic E-state index is 12.8. The minimum atomic E-state index is 0.00957. The Kier molecular flexibility index (Phi) is 3.34. The van der Waals surface area contributed by atoms with Gasteiger partial charge in [0.05, 0.1) is 18.8 Å². The number of nitrogens with one attached hydrogen (secondary N) is 1. The summed E-state index contributed by atoms with van der Waals surface area (Å²) in [5.41, 5.74) is 4.48. The molecular formula is C19H17N3O2. The van der Waals surface area contributed by atoms with E-state index in [1.54, 1.807) is 25.0 Å². The third-order valence-electron chi connectivity index (χ3n) is 4.32. The molecule has 0 saturated heterocycles. The van der Waals surface area contributed by atoms with E-state index in [0.29, 0.717) is 10.9 Å². The largest absolute Gasteiger partial charge is 0.497 e. The second-order valence-electron chi connectivity index (χ2n) is 5.89. The number of H-pyrrole nitrogens is 1. The zero-order valence-electron chi connectivity index (χ0n) is 13.5. The predicted octanol–water partition coefficient (Wildman–Crippen LogP) is 3.01. The zero-order valence-corrected chi connectivity index (χ0v) is 13.5. The van der Waals surface area contributed by atoms with Crippen LogP contribution in [0.25, 0.3) is 21.9 Å². The van der Waals surface area contributed by atoms with Crippen LogP contribution in [-0.2, 0) is 13.5 Å². The van der Waals surface area contributed by atoms with Gasteiger partial charge >= 0.3 is 0 Å². The van der Waals surface area contributed by atoms with Crippen molar-refractivity contribution in [1.29, 1.82) is 0 Å². The van der Waals surface area contributed by atoms with Crippen molar-refractivity contribution in [1.82, 2.24) is 14.8 Å². The molecule has 1 N–H and O–H groups in total. The van der Waals surface area contributed by atoms with Gasteiger partial charge in [-0.25, -0.2) is 0 Å². The van der Waals surface area contributed by atoms with Gasteiger partial charge in [0.1, 0.15) is 11.3 Å². The number of pyridine rings is 1. The molecule has 0 spiro atoms. The SMILES string of the molecule is COc1ccc(Cc2ccc3[nH]c4cnn(C)c4c(=O)c3c2)cc1. The molecule has 0 bridgehead atoms. The molecule has 2 heterocycles. The van der Waals surface area contributed by atoms with E-state index in [0.717, 1.165) is 28.8 Å². The van der Waals surface area contributed by atoms with E-state index in [1.165, 1.54) is 5.56 Å². The number of rotatable bonds is 3. The monoisotopic (exact) mass is 319 g/mol. The van der Waals surface area contributed by atoms with Gasteiger partial charge in [-0.15, -0.1) is 0 Å². The molecule has 0 radical (unpaired) electrons. The van der Waals surface area contributed by atoms with E-state index < -0.39 is 0 Å². The summed E-state index contributed by atoms with van der Waals surface area (Å²) in [6.45, 7) is 0. The van der Waals surface area contributed by atoms with Crippen LogP contribution in [-0.4, -0.2) is 21.9 Å². The van der Waals surface area contributed by atoms with E-state index in [9.17, 15) is 4.79 Å². The molecular weight excluding hydrogens is 302 g/mol. The van der Waals surface area contributed by atoms with Crippen LogP contribution in [0.15, 0.2) is 53.5 Å². The smallest absolute Gasteiger partial charge is 0.215 e. The number of ether oxygens (including phenoxy) is 1. The summed E-state index contributed by atoms with van der Waals surface area (Å²) in [6.07, 6.45) is 2.45. The number of aromatic amines is 1. The van der Waals surface area contributed by atoms with Crippen LogP contribution in [0.4, 0.5) is 0 Å². The van der Waals surface area contributed by atoms with Crippen molar-refractivity contribution in [2.24, 2.45) is 7.05 Å². The average Bonchev–Trinajstić information content (AvgIpc) is 2.97. The maximum Gasteiger partial charge on any atom is 0.215 e. The van der Waals surface area contributed by atoms with Crippen LogP contribution in [0.1, 0.15) is 11.1 Å². The van der Waals surface area contributed by atoms with Gasteiger partial charge in [-0.05, 0) is 41.8 Å². The Balaban J connectivity index is 1.79. The van der Waals surface area contributed by atoms with Gasteiger partial charge in [-0.1, -0.05) is 18.2 Å². The van der Waals surface area contributed by atoms with Crippen LogP contribution < -0.4 is 10.2 Å². The first kappa shape index (κ1) is 14.5. The predicted molar refractivity (Wildman–Crippen MR) is 94.6 cm³/mol. The fraction of sp³-hybridized carbons (Fsp3) is 0.158. The van der Waals surface area contributed by atoms with Crippen LogP contribution in [0, 0.1) is 0 Å². The number of fused-ring (bicyclic) bond motifs is 2. The van der Waals surface area contributed by atoms with Gasteiger partial charge < -0.3 is 9.72 Å². The number of aryl methyl sites for hydroxylation is 1. The summed E-state index contributed by atoms with van der Waals surface area (Å²) in [4.78, 5) is 16.0. The number of nitrogens with zero attached hydrogens (tertiary/aromatic N) is 2. The molecule has 4 rings (SSSR count). The van der Waals surface area contributed by atoms with Gasteiger partial charge in [0.15, 0.2) is 0 Å². The molecule has 5 nitrogen and oxygen atoms in total. The molecule has 0 aliphatic heterocycles. The van der Waals surface area contributed by atoms with Crippen molar-refractivity contribution >= 4 is 21.9 Å². The van der Waals surface area contributed by atoms with Crippen LogP contribution >= 0.6 is 0 Å². The van der Waals surface area contributed by atoms with Gasteiger partial charge in [0.2, 0.25) is 5.43 Å². The lowest BCUT2D eigenvalue weighted by Crippen LogP contribution is -2.08. The number of hydrogen-bond donors (Lipinski definition) is 1. The topological polar surface area (TPSA) is 59.9 Å². The summed E-state index contributed by atoms with van der Waals surface area (Å²) in [5, 5.41) is 4.85. The van der Waals surface area contributed by atoms with E-state index in [1.807, 2.05) is 42.5 Å². The minimum Gasteiger partial charge on any atom is -0.497 e. The third kappa shape index (κ3) is 2.34. The maximum absolute atomic E-state index is 12.8. The molecule has 2 aromatic heterocycles. The molecule has 0 atom stereocenters. The van der Waals surface area contributed by atoms with E-state index >= 15 is 0 Å². The minimum absolute atomic E-state index is 0.00957. The first-order chi connectivity index (χ1) is 11.7. The lowest BCUT2D eigenvalue weighted by molar-refractivity contribution is 0.414. The summed E-state index contributed by atoms with van der Waals surface area (Å²) in [5.74, 6) is 0.840. The van der Waals surface area contributed by atoms with Crippen molar-refractivity contribution < 1.29 is 4.74 Å². The highest BCUT2D eigenvalue weighted by atomic mass is 16.5. The summed E-state index contributed by atoms with van der Waals surface area (Å²) in [7, 11) is 3.44. The molecule has 0 aliphatic carbocycles. The second kappa shape index (κ2) is 5.53. The lowest BCUT2D eigenvalue weighted by atomic mass is 10.0. The third-order valence-corrected chi connectivity index (χ3v) is 4.32. The molecule has 0 saturated carbocycles. The quantitative estimate of drug-likeness (QED) is 0.631. The fourth-order valence-corrected chi connectivity index (χ4v) is 3.05. The van der Waals surface area contributed by atoms with Crippen molar-refractivity contribution in [3.8, 4) is 5.75 Å². The first-order valence-corrected chi connectivity index (χ1v) is 7.75. The van der Waals surface area contributed by atoms with E-state index in [2.05, 4.69) is 10.1 Å². The molecule has 2 aromatic carbocycles. The Hall–Kier alpha value is -3.08. The molecule has 0 aliphatic rings. The van der Waals surface area contributed by atoms with E-state index in [-0.39, 0.29) is 5.43 Å². The van der Waals surface area contributed by atoms with Crippen molar-refractivity contribution in [3.05, 3.63) is 70.0 Å². The zero-order chi connectivity index (χ0) is 16.7. The Morgan fingerprint density at radius 3 is 2.58 bits per heavy atom. The van der Waals surface area contributed by atoms with E-state index in [4.69, 9.17) is 4.74 Å². The normalized spacial score (nSPS) is 11.2. The fourth-order valence-electron chi connectivity index (χ4n) is 3.05. The van der Waals surface area contributed by atoms with Crippen LogP contribution in [0.2, 0.25) is 0 Å². The van der Waals surface area contributed by atoms with Gasteiger partial charge in [-0.2, -0.15) is 5.10 Å². The van der Waals surface area contributed by atoms with Gasteiger partial charge in [0.25, 0.3) is 0 Å². The highest BCUT2D eigenvalue weighted by Gasteiger charge is 2.10. The molecule has 0 amide bonds. The Labute approximate surface area is 138 Å². The number of hydrogen-bond acceptors (Lipinski definition) is 3. The number of aromatic nitrogens is 3. The van der Waals surface area contributed by atoms with Crippen molar-refractivity contribution in [3.63, 3.8) is 0 Å². The highest BCUT2D eigenvalue weighted by molar-refractivity contribution is 5.90. The molecule has 0 fully saturated rings. The molecule has 120 valence electrons. The molecule has 0 unspecified atom stereocenters. The van der Waals surface area contributed by atoms with Gasteiger partial charge in [0, 0.05) is 18.0 Å². The molecule has 5 heteroatoms. The Morgan fingerprint density at radius 1 is 1.08 bits per heavy atom. The standard InChI is InChI=1S/C19H17N3O2/c1-22-18-17(11-20-22)21-16-8-5-13(10-15(16)19(18)23)9-12-3-6-14(24-2)7-4-12/h3-8,10-11H,9H2,1-2H3,(H,21,23). The lowest BCUT2D eigenvalue weighted by Gasteiger charge is -2.06. The Morgan fingerprint density at radius 2 is 1.83 bits per heavy atom. The van der Waals surface area contributed by atoms with Crippen LogP contribution in [0.5, 0.6) is 5.75 Å². The highest BCUT2D eigenvalue weighted by Crippen LogP contribution is 2.19. The second-order valence-corrected chi connectivity index (χ2v) is 5.89. The molecule has 4 aromatic rings. The van der Waals surface area contributed by atoms with Crippen molar-refractivity contribution in [2.75, 3.05) is 7.11 Å². The van der Waals surface area contributed by atoms with Crippen LogP contribution in [0.3, 0.4) is 0 Å². The Bertz CT molecular complexity index is 1090. The summed E-state index contributed by atoms with van der Waals surface area (Å²) in [6, 6.07) is 13.9. The van der Waals surface area contributed by atoms with Crippen molar-refractivity contribution in [2.45, 2.75) is 6.42 Å². The first-order valence-electron chi connectivity index (χ1n) is 7.75. The number of benzene rings is 2. The summed E-state index contributed by atoms with van der Waals surface area (Å²) >= 11 is 0. The van der Waals surface area contributed by atoms with Gasteiger partial charge in [-0.3, -0.25) is 9.48 Å². The summed E-state index contributed by atoms with van der Waals surface area (Å²) < 4.78 is 6.80. The average molecular weight is 319 g/mol. The number of methoxy groups -OCH3 is 1. The molecule has 24 heavy (non-hydrogen) atoms.